The van der Waals surface area contributed by atoms with E-state index in [1.54, 1.807) is 16.8 Å². The molecular formula is C20H26N3+. The van der Waals surface area contributed by atoms with Crippen molar-refractivity contribution in [1.29, 1.82) is 0 Å². The third-order valence-corrected chi connectivity index (χ3v) is 5.72. The molecule has 3 heterocycles. The van der Waals surface area contributed by atoms with Gasteiger partial charge >= 0.3 is 0 Å². The summed E-state index contributed by atoms with van der Waals surface area (Å²) in [6.07, 6.45) is 6.98. The molecule has 4 rings (SSSR count). The zero-order chi connectivity index (χ0) is 16.1. The van der Waals surface area contributed by atoms with Crippen LogP contribution in [0, 0.1) is 20.8 Å². The molecule has 1 aromatic carbocycles. The van der Waals surface area contributed by atoms with Crippen LogP contribution >= 0.6 is 0 Å². The Kier molecular flexibility index (Phi) is 3.40. The fourth-order valence-corrected chi connectivity index (χ4v) is 4.40. The summed E-state index contributed by atoms with van der Waals surface area (Å²) in [5, 5.41) is 0. The Morgan fingerprint density at radius 2 is 1.83 bits per heavy atom. The van der Waals surface area contributed by atoms with E-state index in [9.17, 15) is 0 Å². The quantitative estimate of drug-likeness (QED) is 0.754. The largest absolute Gasteiger partial charge is 0.371 e. The van der Waals surface area contributed by atoms with Crippen LogP contribution in [0.1, 0.15) is 40.9 Å². The van der Waals surface area contributed by atoms with E-state index in [1.807, 2.05) is 6.20 Å². The van der Waals surface area contributed by atoms with E-state index < -0.39 is 0 Å². The van der Waals surface area contributed by atoms with E-state index in [4.69, 9.17) is 0 Å². The number of rotatable bonds is 1. The Labute approximate surface area is 139 Å². The summed E-state index contributed by atoms with van der Waals surface area (Å²) in [5.74, 6) is 0. The number of aromatic nitrogens is 2. The SMILES string of the molecule is Cc1ncc(C)[n+](C)c1-c1cc2c3c(c1C)CCCN3CCC2. The molecule has 120 valence electrons. The molecule has 2 aliphatic heterocycles. The molecule has 3 nitrogen and oxygen atoms in total. The molecule has 0 N–H and O–H groups in total. The first kappa shape index (κ1) is 14.7. The summed E-state index contributed by atoms with van der Waals surface area (Å²) in [6.45, 7) is 9.04. The molecule has 0 saturated carbocycles. The maximum absolute atomic E-state index is 4.62. The van der Waals surface area contributed by atoms with Gasteiger partial charge in [-0.15, -0.1) is 0 Å². The summed E-state index contributed by atoms with van der Waals surface area (Å²) in [7, 11) is 2.16. The zero-order valence-corrected chi connectivity index (χ0v) is 14.7. The van der Waals surface area contributed by atoms with Gasteiger partial charge in [0.2, 0.25) is 5.69 Å². The normalized spacial score (nSPS) is 16.4. The van der Waals surface area contributed by atoms with Crippen molar-refractivity contribution in [3.05, 3.63) is 40.3 Å². The number of benzene rings is 1. The van der Waals surface area contributed by atoms with E-state index in [-0.39, 0.29) is 0 Å². The van der Waals surface area contributed by atoms with Crippen LogP contribution in [0.5, 0.6) is 0 Å². The van der Waals surface area contributed by atoms with Crippen molar-refractivity contribution in [3.63, 3.8) is 0 Å². The second kappa shape index (κ2) is 5.33. The maximum atomic E-state index is 4.62. The first-order valence-electron chi connectivity index (χ1n) is 8.81. The van der Waals surface area contributed by atoms with Gasteiger partial charge in [-0.05, 0) is 62.3 Å². The molecule has 0 saturated heterocycles. The Morgan fingerprint density at radius 1 is 1.09 bits per heavy atom. The van der Waals surface area contributed by atoms with Crippen LogP contribution < -0.4 is 9.47 Å². The molecule has 2 aliphatic rings. The zero-order valence-electron chi connectivity index (χ0n) is 14.7. The second-order valence-corrected chi connectivity index (χ2v) is 7.12. The van der Waals surface area contributed by atoms with Crippen molar-refractivity contribution in [2.45, 2.75) is 46.5 Å². The maximum Gasteiger partial charge on any atom is 0.234 e. The molecular weight excluding hydrogens is 282 g/mol. The summed E-state index contributed by atoms with van der Waals surface area (Å²) in [5.41, 5.74) is 11.2. The van der Waals surface area contributed by atoms with Crippen molar-refractivity contribution in [1.82, 2.24) is 4.98 Å². The third-order valence-electron chi connectivity index (χ3n) is 5.72. The van der Waals surface area contributed by atoms with Crippen LogP contribution in [-0.4, -0.2) is 18.1 Å². The molecule has 0 unspecified atom stereocenters. The number of hydrogen-bond donors (Lipinski definition) is 0. The fraction of sp³-hybridized carbons (Fsp3) is 0.500. The fourth-order valence-electron chi connectivity index (χ4n) is 4.40. The highest BCUT2D eigenvalue weighted by atomic mass is 15.1. The average Bonchev–Trinajstić information content (AvgIpc) is 2.56. The monoisotopic (exact) mass is 308 g/mol. The van der Waals surface area contributed by atoms with Crippen LogP contribution in [0.15, 0.2) is 12.3 Å². The molecule has 2 aromatic rings. The molecule has 0 spiro atoms. The lowest BCUT2D eigenvalue weighted by atomic mass is 9.85. The van der Waals surface area contributed by atoms with Crippen molar-refractivity contribution >= 4 is 5.69 Å². The Morgan fingerprint density at radius 3 is 2.61 bits per heavy atom. The highest BCUT2D eigenvalue weighted by Crippen LogP contribution is 2.41. The van der Waals surface area contributed by atoms with E-state index in [2.05, 4.69) is 48.3 Å². The predicted molar refractivity (Wildman–Crippen MR) is 93.9 cm³/mol. The molecule has 0 amide bonds. The van der Waals surface area contributed by atoms with Gasteiger partial charge in [0.1, 0.15) is 12.7 Å². The second-order valence-electron chi connectivity index (χ2n) is 7.12. The Balaban J connectivity index is 2.00. The lowest BCUT2D eigenvalue weighted by Crippen LogP contribution is -2.37. The summed E-state index contributed by atoms with van der Waals surface area (Å²) in [4.78, 5) is 7.24. The van der Waals surface area contributed by atoms with Gasteiger partial charge < -0.3 is 4.90 Å². The van der Waals surface area contributed by atoms with Crippen molar-refractivity contribution in [3.8, 4) is 11.3 Å². The molecule has 3 heteroatoms. The summed E-state index contributed by atoms with van der Waals surface area (Å²) >= 11 is 0. The van der Waals surface area contributed by atoms with Crippen molar-refractivity contribution in [2.75, 3.05) is 18.0 Å². The van der Waals surface area contributed by atoms with Gasteiger partial charge in [-0.1, -0.05) is 0 Å². The summed E-state index contributed by atoms with van der Waals surface area (Å²) in [6, 6.07) is 2.45. The summed E-state index contributed by atoms with van der Waals surface area (Å²) < 4.78 is 2.30. The Hall–Kier alpha value is -1.90. The van der Waals surface area contributed by atoms with Crippen LogP contribution in [0.4, 0.5) is 5.69 Å². The van der Waals surface area contributed by atoms with Crippen LogP contribution in [-0.2, 0) is 19.9 Å². The van der Waals surface area contributed by atoms with E-state index in [1.165, 1.54) is 61.3 Å². The molecule has 23 heavy (non-hydrogen) atoms. The molecule has 0 atom stereocenters. The topological polar surface area (TPSA) is 20.0 Å². The molecule has 0 radical (unpaired) electrons. The minimum atomic E-state index is 1.12. The first-order valence-corrected chi connectivity index (χ1v) is 8.81. The predicted octanol–water partition coefficient (Wildman–Crippen LogP) is 3.20. The van der Waals surface area contributed by atoms with Crippen LogP contribution in [0.2, 0.25) is 0 Å². The van der Waals surface area contributed by atoms with Crippen LogP contribution in [0.25, 0.3) is 11.3 Å². The van der Waals surface area contributed by atoms with Gasteiger partial charge in [0.15, 0.2) is 5.69 Å². The first-order chi connectivity index (χ1) is 11.1. The van der Waals surface area contributed by atoms with E-state index >= 15 is 0 Å². The van der Waals surface area contributed by atoms with Crippen LogP contribution in [0.3, 0.4) is 0 Å². The standard InChI is InChI=1S/C20H26N3/c1-13-12-21-15(3)19(22(13)4)18-11-16-7-5-9-23-10-6-8-17(14(18)2)20(16)23/h11-12H,5-10H2,1-4H3/q+1. The molecule has 0 aliphatic carbocycles. The third kappa shape index (κ3) is 2.17. The van der Waals surface area contributed by atoms with Gasteiger partial charge in [0.25, 0.3) is 0 Å². The molecule has 0 bridgehead atoms. The minimum absolute atomic E-state index is 1.12. The van der Waals surface area contributed by atoms with E-state index in [0.29, 0.717) is 0 Å². The van der Waals surface area contributed by atoms with Gasteiger partial charge in [-0.2, -0.15) is 4.57 Å². The number of hydrogen-bond acceptors (Lipinski definition) is 2. The lowest BCUT2D eigenvalue weighted by molar-refractivity contribution is -0.667. The number of nitrogens with zero attached hydrogens (tertiary/aromatic N) is 3. The average molecular weight is 308 g/mol. The minimum Gasteiger partial charge on any atom is -0.371 e. The van der Waals surface area contributed by atoms with Gasteiger partial charge in [0, 0.05) is 25.7 Å². The molecule has 0 fully saturated rings. The van der Waals surface area contributed by atoms with E-state index in [0.717, 1.165) is 5.69 Å². The highest BCUT2D eigenvalue weighted by Gasteiger charge is 2.29. The van der Waals surface area contributed by atoms with Gasteiger partial charge in [-0.25, -0.2) is 4.98 Å². The smallest absolute Gasteiger partial charge is 0.234 e. The highest BCUT2D eigenvalue weighted by molar-refractivity contribution is 5.75. The van der Waals surface area contributed by atoms with Gasteiger partial charge in [0.05, 0.1) is 11.8 Å². The van der Waals surface area contributed by atoms with Crippen molar-refractivity contribution in [2.24, 2.45) is 7.05 Å². The number of aryl methyl sites for hydroxylation is 3. The van der Waals surface area contributed by atoms with Crippen molar-refractivity contribution < 1.29 is 4.57 Å². The van der Waals surface area contributed by atoms with Gasteiger partial charge in [-0.3, -0.25) is 0 Å². The number of anilines is 1. The lowest BCUT2D eigenvalue weighted by Gasteiger charge is -2.38. The molecule has 1 aromatic heterocycles. The Bertz CT molecular complexity index is 790.